The van der Waals surface area contributed by atoms with Gasteiger partial charge in [-0.3, -0.25) is 4.79 Å². The molecule has 3 heteroatoms. The average Bonchev–Trinajstić information content (AvgIpc) is 2.51. The molecule has 0 aromatic heterocycles. The molecule has 1 aliphatic carbocycles. The SMILES string of the molecule is C=CC(C)NC(=O)C1CCCC1O. The summed E-state index contributed by atoms with van der Waals surface area (Å²) in [6, 6.07) is -0.0136. The summed E-state index contributed by atoms with van der Waals surface area (Å²) in [6.45, 7) is 5.45. The van der Waals surface area contributed by atoms with Gasteiger partial charge in [0.2, 0.25) is 5.91 Å². The number of aliphatic hydroxyl groups excluding tert-OH is 1. The van der Waals surface area contributed by atoms with Crippen LogP contribution in [0.25, 0.3) is 0 Å². The highest BCUT2D eigenvalue weighted by Gasteiger charge is 2.31. The lowest BCUT2D eigenvalue weighted by Gasteiger charge is -2.16. The van der Waals surface area contributed by atoms with Gasteiger partial charge in [-0.05, 0) is 26.2 Å². The molecule has 74 valence electrons. The van der Waals surface area contributed by atoms with Crippen molar-refractivity contribution in [3.63, 3.8) is 0 Å². The summed E-state index contributed by atoms with van der Waals surface area (Å²) in [7, 11) is 0. The molecule has 0 aliphatic heterocycles. The van der Waals surface area contributed by atoms with Crippen LogP contribution in [0.3, 0.4) is 0 Å². The lowest BCUT2D eigenvalue weighted by molar-refractivity contribution is -0.127. The van der Waals surface area contributed by atoms with Crippen molar-refractivity contribution in [1.29, 1.82) is 0 Å². The van der Waals surface area contributed by atoms with E-state index in [9.17, 15) is 9.90 Å². The quantitative estimate of drug-likeness (QED) is 0.637. The van der Waals surface area contributed by atoms with Crippen molar-refractivity contribution in [2.45, 2.75) is 38.3 Å². The predicted molar refractivity (Wildman–Crippen MR) is 51.1 cm³/mol. The van der Waals surface area contributed by atoms with E-state index in [0.29, 0.717) is 0 Å². The van der Waals surface area contributed by atoms with Gasteiger partial charge < -0.3 is 10.4 Å². The van der Waals surface area contributed by atoms with Gasteiger partial charge in [0.05, 0.1) is 12.0 Å². The third-order valence-corrected chi connectivity index (χ3v) is 2.54. The molecule has 0 radical (unpaired) electrons. The Hall–Kier alpha value is -0.830. The van der Waals surface area contributed by atoms with Crippen LogP contribution in [0.2, 0.25) is 0 Å². The second-order valence-electron chi connectivity index (χ2n) is 3.64. The monoisotopic (exact) mass is 183 g/mol. The van der Waals surface area contributed by atoms with Crippen molar-refractivity contribution in [1.82, 2.24) is 5.32 Å². The molecular formula is C10H17NO2. The fraction of sp³-hybridized carbons (Fsp3) is 0.700. The Balaban J connectivity index is 2.42. The smallest absolute Gasteiger partial charge is 0.226 e. The first kappa shape index (κ1) is 10.3. The van der Waals surface area contributed by atoms with Gasteiger partial charge in [0.25, 0.3) is 0 Å². The number of hydrogen-bond acceptors (Lipinski definition) is 2. The maximum Gasteiger partial charge on any atom is 0.226 e. The van der Waals surface area contributed by atoms with Crippen molar-refractivity contribution in [3.8, 4) is 0 Å². The average molecular weight is 183 g/mol. The molecular weight excluding hydrogens is 166 g/mol. The molecule has 1 fully saturated rings. The van der Waals surface area contributed by atoms with Crippen molar-refractivity contribution in [2.75, 3.05) is 0 Å². The van der Waals surface area contributed by atoms with Crippen LogP contribution in [0.4, 0.5) is 0 Å². The van der Waals surface area contributed by atoms with Crippen LogP contribution >= 0.6 is 0 Å². The van der Waals surface area contributed by atoms with Crippen molar-refractivity contribution in [2.24, 2.45) is 5.92 Å². The Morgan fingerprint density at radius 3 is 2.85 bits per heavy atom. The Labute approximate surface area is 78.8 Å². The Bertz CT molecular complexity index is 203. The van der Waals surface area contributed by atoms with Crippen LogP contribution in [0.5, 0.6) is 0 Å². The second kappa shape index (κ2) is 4.42. The van der Waals surface area contributed by atoms with E-state index in [1.165, 1.54) is 0 Å². The van der Waals surface area contributed by atoms with Crippen molar-refractivity contribution >= 4 is 5.91 Å². The summed E-state index contributed by atoms with van der Waals surface area (Å²) in [4.78, 5) is 11.5. The molecule has 0 bridgehead atoms. The normalized spacial score (nSPS) is 29.7. The minimum Gasteiger partial charge on any atom is -0.392 e. The summed E-state index contributed by atoms with van der Waals surface area (Å²) in [5.41, 5.74) is 0. The largest absolute Gasteiger partial charge is 0.392 e. The van der Waals surface area contributed by atoms with Gasteiger partial charge in [-0.1, -0.05) is 6.08 Å². The Kier molecular flexibility index (Phi) is 3.48. The van der Waals surface area contributed by atoms with Crippen LogP contribution in [0.15, 0.2) is 12.7 Å². The molecule has 1 rings (SSSR count). The second-order valence-corrected chi connectivity index (χ2v) is 3.64. The van der Waals surface area contributed by atoms with Crippen LogP contribution in [0.1, 0.15) is 26.2 Å². The molecule has 1 amide bonds. The van der Waals surface area contributed by atoms with Crippen molar-refractivity contribution in [3.05, 3.63) is 12.7 Å². The summed E-state index contributed by atoms with van der Waals surface area (Å²) in [5.74, 6) is -0.250. The number of rotatable bonds is 3. The van der Waals surface area contributed by atoms with E-state index in [4.69, 9.17) is 0 Å². The van der Waals surface area contributed by atoms with Crippen LogP contribution in [-0.4, -0.2) is 23.2 Å². The van der Waals surface area contributed by atoms with Crippen LogP contribution < -0.4 is 5.32 Å². The number of carbonyl (C=O) groups is 1. The number of nitrogens with one attached hydrogen (secondary N) is 1. The highest BCUT2D eigenvalue weighted by Crippen LogP contribution is 2.25. The molecule has 0 saturated heterocycles. The molecule has 1 saturated carbocycles. The fourth-order valence-corrected chi connectivity index (χ4v) is 1.64. The molecule has 0 heterocycles. The minimum absolute atomic E-state index is 0.0136. The molecule has 3 nitrogen and oxygen atoms in total. The van der Waals surface area contributed by atoms with E-state index in [0.717, 1.165) is 19.3 Å². The molecule has 3 atom stereocenters. The van der Waals surface area contributed by atoms with E-state index in [-0.39, 0.29) is 17.9 Å². The maximum atomic E-state index is 11.5. The molecule has 2 N–H and O–H groups in total. The van der Waals surface area contributed by atoms with E-state index >= 15 is 0 Å². The lowest BCUT2D eigenvalue weighted by Crippen LogP contribution is -2.38. The number of aliphatic hydroxyl groups is 1. The summed E-state index contributed by atoms with van der Waals surface area (Å²) < 4.78 is 0. The molecule has 0 aromatic rings. The van der Waals surface area contributed by atoms with Crippen LogP contribution in [0, 0.1) is 5.92 Å². The zero-order valence-electron chi connectivity index (χ0n) is 7.99. The van der Waals surface area contributed by atoms with Gasteiger partial charge in [-0.15, -0.1) is 6.58 Å². The predicted octanol–water partition coefficient (Wildman–Crippen LogP) is 0.838. The topological polar surface area (TPSA) is 49.3 Å². The van der Waals surface area contributed by atoms with Crippen LogP contribution in [-0.2, 0) is 4.79 Å². The van der Waals surface area contributed by atoms with Gasteiger partial charge in [0, 0.05) is 6.04 Å². The first-order chi connectivity index (χ1) is 6.15. The molecule has 3 unspecified atom stereocenters. The summed E-state index contributed by atoms with van der Waals surface area (Å²) >= 11 is 0. The Morgan fingerprint density at radius 1 is 1.69 bits per heavy atom. The van der Waals surface area contributed by atoms with Gasteiger partial charge >= 0.3 is 0 Å². The van der Waals surface area contributed by atoms with Gasteiger partial charge in [-0.2, -0.15) is 0 Å². The molecule has 0 aromatic carbocycles. The van der Waals surface area contributed by atoms with E-state index in [2.05, 4.69) is 11.9 Å². The van der Waals surface area contributed by atoms with Gasteiger partial charge in [0.1, 0.15) is 0 Å². The lowest BCUT2D eigenvalue weighted by atomic mass is 10.0. The van der Waals surface area contributed by atoms with Gasteiger partial charge in [0.15, 0.2) is 0 Å². The van der Waals surface area contributed by atoms with Crippen molar-refractivity contribution < 1.29 is 9.90 Å². The third kappa shape index (κ3) is 2.56. The maximum absolute atomic E-state index is 11.5. The standard InChI is InChI=1S/C10H17NO2/c1-3-7(2)11-10(13)8-5-4-6-9(8)12/h3,7-9,12H,1,4-6H2,2H3,(H,11,13). The third-order valence-electron chi connectivity index (χ3n) is 2.54. The van der Waals surface area contributed by atoms with E-state index in [1.807, 2.05) is 6.92 Å². The fourth-order valence-electron chi connectivity index (χ4n) is 1.64. The summed E-state index contributed by atoms with van der Waals surface area (Å²) in [6.07, 6.45) is 3.73. The summed E-state index contributed by atoms with van der Waals surface area (Å²) in [5, 5.41) is 12.2. The van der Waals surface area contributed by atoms with E-state index < -0.39 is 6.10 Å². The molecule has 1 aliphatic rings. The first-order valence-corrected chi connectivity index (χ1v) is 4.76. The Morgan fingerprint density at radius 2 is 2.38 bits per heavy atom. The number of amides is 1. The highest BCUT2D eigenvalue weighted by atomic mass is 16.3. The highest BCUT2D eigenvalue weighted by molar-refractivity contribution is 5.80. The molecule has 13 heavy (non-hydrogen) atoms. The van der Waals surface area contributed by atoms with E-state index in [1.54, 1.807) is 6.08 Å². The van der Waals surface area contributed by atoms with Gasteiger partial charge in [-0.25, -0.2) is 0 Å². The zero-order valence-corrected chi connectivity index (χ0v) is 7.99. The molecule has 0 spiro atoms. The number of carbonyl (C=O) groups excluding carboxylic acids is 1. The zero-order chi connectivity index (χ0) is 9.84. The first-order valence-electron chi connectivity index (χ1n) is 4.76. The minimum atomic E-state index is -0.447. The number of hydrogen-bond donors (Lipinski definition) is 2.